The Hall–Kier alpha value is -0.120. The number of nitrogens with zero attached hydrogens (tertiary/aromatic N) is 1. The van der Waals surface area contributed by atoms with Gasteiger partial charge in [0.1, 0.15) is 0 Å². The van der Waals surface area contributed by atoms with E-state index >= 15 is 0 Å². The molecule has 16 heavy (non-hydrogen) atoms. The molecule has 1 saturated carbocycles. The van der Waals surface area contributed by atoms with Gasteiger partial charge in [0.25, 0.3) is 0 Å². The highest BCUT2D eigenvalue weighted by Gasteiger charge is 2.33. The average Bonchev–Trinajstić information content (AvgIpc) is 3.00. The van der Waals surface area contributed by atoms with E-state index in [1.54, 1.807) is 0 Å². The van der Waals surface area contributed by atoms with Gasteiger partial charge in [0.15, 0.2) is 0 Å². The first kappa shape index (κ1) is 12.3. The molecule has 1 N–H and O–H groups in total. The molecule has 1 heterocycles. The highest BCUT2D eigenvalue weighted by molar-refractivity contribution is 4.88. The van der Waals surface area contributed by atoms with Crippen LogP contribution in [0.4, 0.5) is 0 Å². The predicted molar refractivity (Wildman–Crippen MR) is 66.7 cm³/mol. The van der Waals surface area contributed by atoms with E-state index in [1.165, 1.54) is 25.8 Å². The van der Waals surface area contributed by atoms with E-state index in [0.29, 0.717) is 6.04 Å². The first-order valence-electron chi connectivity index (χ1n) is 6.67. The van der Waals surface area contributed by atoms with Crippen molar-refractivity contribution < 1.29 is 4.74 Å². The van der Waals surface area contributed by atoms with Crippen LogP contribution in [0.25, 0.3) is 0 Å². The maximum Gasteiger partial charge on any atom is 0.0645 e. The molecule has 0 bridgehead atoms. The van der Waals surface area contributed by atoms with Crippen LogP contribution >= 0.6 is 0 Å². The molecule has 1 aliphatic carbocycles. The van der Waals surface area contributed by atoms with Crippen molar-refractivity contribution in [2.24, 2.45) is 0 Å². The number of hydrogen-bond acceptors (Lipinski definition) is 3. The second-order valence-electron chi connectivity index (χ2n) is 5.92. The molecule has 0 amide bonds. The molecule has 0 radical (unpaired) electrons. The zero-order chi connectivity index (χ0) is 11.6. The summed E-state index contributed by atoms with van der Waals surface area (Å²) in [7, 11) is 0. The monoisotopic (exact) mass is 226 g/mol. The molecule has 1 unspecified atom stereocenters. The van der Waals surface area contributed by atoms with E-state index in [0.717, 1.165) is 25.8 Å². The van der Waals surface area contributed by atoms with Crippen LogP contribution in [0.1, 0.15) is 40.0 Å². The van der Waals surface area contributed by atoms with Gasteiger partial charge in [-0.25, -0.2) is 0 Å². The summed E-state index contributed by atoms with van der Waals surface area (Å²) in [6, 6.07) is 1.50. The van der Waals surface area contributed by atoms with Gasteiger partial charge in [-0.2, -0.15) is 0 Å². The van der Waals surface area contributed by atoms with Crippen molar-refractivity contribution in [3.63, 3.8) is 0 Å². The first-order valence-corrected chi connectivity index (χ1v) is 6.67. The van der Waals surface area contributed by atoms with Crippen LogP contribution in [-0.4, -0.2) is 48.8 Å². The van der Waals surface area contributed by atoms with Crippen molar-refractivity contribution in [1.82, 2.24) is 10.2 Å². The van der Waals surface area contributed by atoms with Gasteiger partial charge in [-0.1, -0.05) is 0 Å². The molecule has 3 nitrogen and oxygen atoms in total. The van der Waals surface area contributed by atoms with Gasteiger partial charge in [0, 0.05) is 24.2 Å². The van der Waals surface area contributed by atoms with Gasteiger partial charge >= 0.3 is 0 Å². The molecule has 0 aromatic carbocycles. The summed E-state index contributed by atoms with van der Waals surface area (Å²) in [5.74, 6) is 0. The molecule has 0 spiro atoms. The fourth-order valence-electron chi connectivity index (χ4n) is 2.63. The second kappa shape index (κ2) is 5.03. The van der Waals surface area contributed by atoms with Gasteiger partial charge in [0.05, 0.1) is 13.2 Å². The van der Waals surface area contributed by atoms with Gasteiger partial charge in [0.2, 0.25) is 0 Å². The maximum absolute atomic E-state index is 5.56. The minimum absolute atomic E-state index is 0.206. The minimum atomic E-state index is 0.206. The Bertz CT molecular complexity index is 226. The Kier molecular flexibility index (Phi) is 3.88. The lowest BCUT2D eigenvalue weighted by atomic mass is 9.99. The Morgan fingerprint density at radius 2 is 2.19 bits per heavy atom. The lowest BCUT2D eigenvalue weighted by Gasteiger charge is -2.45. The van der Waals surface area contributed by atoms with Crippen LogP contribution < -0.4 is 5.32 Å². The topological polar surface area (TPSA) is 24.5 Å². The Labute approximate surface area is 99.5 Å². The van der Waals surface area contributed by atoms with Crippen molar-refractivity contribution >= 4 is 0 Å². The molecule has 2 aliphatic rings. The van der Waals surface area contributed by atoms with Crippen molar-refractivity contribution in [1.29, 1.82) is 0 Å². The summed E-state index contributed by atoms with van der Waals surface area (Å²) in [6.07, 6.45) is 4.02. The largest absolute Gasteiger partial charge is 0.378 e. The summed E-state index contributed by atoms with van der Waals surface area (Å²) in [5, 5.41) is 3.60. The molecule has 0 aromatic rings. The van der Waals surface area contributed by atoms with Crippen LogP contribution in [0.15, 0.2) is 0 Å². The minimum Gasteiger partial charge on any atom is -0.378 e. The van der Waals surface area contributed by atoms with E-state index in [2.05, 4.69) is 31.0 Å². The zero-order valence-corrected chi connectivity index (χ0v) is 11.0. The lowest BCUT2D eigenvalue weighted by Crippen LogP contribution is -2.56. The molecule has 2 rings (SSSR count). The Morgan fingerprint density at radius 3 is 2.81 bits per heavy atom. The summed E-state index contributed by atoms with van der Waals surface area (Å²) in [6.45, 7) is 10.9. The summed E-state index contributed by atoms with van der Waals surface area (Å²) < 4.78 is 5.56. The third-order valence-electron chi connectivity index (χ3n) is 3.81. The van der Waals surface area contributed by atoms with E-state index in [-0.39, 0.29) is 5.54 Å². The normalized spacial score (nSPS) is 27.9. The summed E-state index contributed by atoms with van der Waals surface area (Å²) in [4.78, 5) is 2.60. The molecule has 1 aliphatic heterocycles. The fraction of sp³-hybridized carbons (Fsp3) is 1.00. The summed E-state index contributed by atoms with van der Waals surface area (Å²) >= 11 is 0. The second-order valence-corrected chi connectivity index (χ2v) is 5.92. The lowest BCUT2D eigenvalue weighted by molar-refractivity contribution is -0.0697. The van der Waals surface area contributed by atoms with Crippen LogP contribution in [-0.2, 0) is 4.74 Å². The van der Waals surface area contributed by atoms with Crippen molar-refractivity contribution in [2.75, 3.05) is 26.3 Å². The molecule has 1 saturated heterocycles. The quantitative estimate of drug-likeness (QED) is 0.771. The number of morpholine rings is 1. The number of hydrogen-bond donors (Lipinski definition) is 1. The zero-order valence-electron chi connectivity index (χ0n) is 11.0. The van der Waals surface area contributed by atoms with Crippen molar-refractivity contribution in [2.45, 2.75) is 57.7 Å². The maximum atomic E-state index is 5.56. The molecule has 3 heteroatoms. The van der Waals surface area contributed by atoms with E-state index < -0.39 is 0 Å². The third-order valence-corrected chi connectivity index (χ3v) is 3.81. The molecule has 2 fully saturated rings. The summed E-state index contributed by atoms with van der Waals surface area (Å²) in [5.41, 5.74) is 0.206. The molecular weight excluding hydrogens is 200 g/mol. The predicted octanol–water partition coefficient (Wildman–Crippen LogP) is 1.63. The standard InChI is InChI=1S/C13H26N2O/c1-11(6-7-14-12-4-5-12)15-8-9-16-10-13(15,2)3/h11-12,14H,4-10H2,1-3H3. The van der Waals surface area contributed by atoms with Crippen LogP contribution in [0.5, 0.6) is 0 Å². The van der Waals surface area contributed by atoms with Gasteiger partial charge in [-0.3, -0.25) is 4.90 Å². The highest BCUT2D eigenvalue weighted by Crippen LogP contribution is 2.23. The van der Waals surface area contributed by atoms with Gasteiger partial charge in [-0.05, 0) is 46.6 Å². The Morgan fingerprint density at radius 1 is 1.44 bits per heavy atom. The van der Waals surface area contributed by atoms with E-state index in [4.69, 9.17) is 4.74 Å². The van der Waals surface area contributed by atoms with Gasteiger partial charge < -0.3 is 10.1 Å². The number of nitrogens with one attached hydrogen (secondary N) is 1. The average molecular weight is 226 g/mol. The van der Waals surface area contributed by atoms with Crippen molar-refractivity contribution in [3.05, 3.63) is 0 Å². The van der Waals surface area contributed by atoms with Crippen LogP contribution in [0.2, 0.25) is 0 Å². The SMILES string of the molecule is CC(CCNC1CC1)N1CCOCC1(C)C. The first-order chi connectivity index (χ1) is 7.59. The third kappa shape index (κ3) is 3.19. The van der Waals surface area contributed by atoms with Crippen molar-refractivity contribution in [3.8, 4) is 0 Å². The molecule has 94 valence electrons. The fourth-order valence-corrected chi connectivity index (χ4v) is 2.63. The van der Waals surface area contributed by atoms with Crippen LogP contribution in [0, 0.1) is 0 Å². The Balaban J connectivity index is 1.74. The highest BCUT2D eigenvalue weighted by atomic mass is 16.5. The van der Waals surface area contributed by atoms with Gasteiger partial charge in [-0.15, -0.1) is 0 Å². The van der Waals surface area contributed by atoms with E-state index in [1.807, 2.05) is 0 Å². The number of ether oxygens (including phenoxy) is 1. The molecular formula is C13H26N2O. The molecule has 0 aromatic heterocycles. The molecule has 1 atom stereocenters. The van der Waals surface area contributed by atoms with Crippen LogP contribution in [0.3, 0.4) is 0 Å². The number of rotatable bonds is 5. The van der Waals surface area contributed by atoms with E-state index in [9.17, 15) is 0 Å². The smallest absolute Gasteiger partial charge is 0.0645 e.